The summed E-state index contributed by atoms with van der Waals surface area (Å²) in [6.45, 7) is 0.800. The van der Waals surface area contributed by atoms with Crippen molar-refractivity contribution in [2.75, 3.05) is 18.1 Å². The number of aliphatic hydroxyl groups excluding tert-OH is 1. The fourth-order valence-corrected chi connectivity index (χ4v) is 5.81. The van der Waals surface area contributed by atoms with Crippen molar-refractivity contribution in [3.8, 4) is 0 Å². The van der Waals surface area contributed by atoms with Crippen LogP contribution >= 0.6 is 39.0 Å². The molecule has 5 heteroatoms. The molecular formula is C13H17BrO2S2. The molecule has 2 fully saturated rings. The Labute approximate surface area is 124 Å². The smallest absolute Gasteiger partial charge is 0.0912 e. The lowest BCUT2D eigenvalue weighted by Crippen LogP contribution is -2.41. The zero-order chi connectivity index (χ0) is 12.6. The first-order valence-corrected chi connectivity index (χ1v) is 9.15. The molecule has 0 aromatic carbocycles. The van der Waals surface area contributed by atoms with E-state index in [9.17, 15) is 5.11 Å². The summed E-state index contributed by atoms with van der Waals surface area (Å²) >= 11 is 7.08. The first kappa shape index (κ1) is 13.4. The van der Waals surface area contributed by atoms with Crippen LogP contribution < -0.4 is 0 Å². The molecule has 0 radical (unpaired) electrons. The first-order chi connectivity index (χ1) is 8.69. The summed E-state index contributed by atoms with van der Waals surface area (Å²) in [6, 6.07) is 2.04. The average Bonchev–Trinajstić information content (AvgIpc) is 2.98. The van der Waals surface area contributed by atoms with E-state index in [0.29, 0.717) is 5.92 Å². The minimum atomic E-state index is -0.326. The van der Waals surface area contributed by atoms with Gasteiger partial charge in [0.2, 0.25) is 0 Å². The van der Waals surface area contributed by atoms with Gasteiger partial charge in [-0.3, -0.25) is 0 Å². The van der Waals surface area contributed by atoms with E-state index in [1.165, 1.54) is 5.75 Å². The fourth-order valence-electron chi connectivity index (χ4n) is 2.91. The van der Waals surface area contributed by atoms with Crippen LogP contribution in [-0.2, 0) is 4.74 Å². The van der Waals surface area contributed by atoms with Gasteiger partial charge in [-0.1, -0.05) is 0 Å². The first-order valence-electron chi connectivity index (χ1n) is 6.32. The van der Waals surface area contributed by atoms with Crippen LogP contribution in [0.3, 0.4) is 0 Å². The Kier molecular flexibility index (Phi) is 4.06. The minimum Gasteiger partial charge on any atom is -0.387 e. The summed E-state index contributed by atoms with van der Waals surface area (Å²) in [5.74, 6) is 2.65. The Balaban J connectivity index is 1.72. The molecule has 3 atom stereocenters. The monoisotopic (exact) mass is 348 g/mol. The second-order valence-corrected chi connectivity index (χ2v) is 8.16. The molecule has 1 spiro atoms. The average molecular weight is 349 g/mol. The lowest BCUT2D eigenvalue weighted by molar-refractivity contribution is -0.101. The second-order valence-electron chi connectivity index (χ2n) is 5.20. The van der Waals surface area contributed by atoms with Crippen LogP contribution in [0.15, 0.2) is 15.9 Å². The van der Waals surface area contributed by atoms with E-state index in [-0.39, 0.29) is 11.7 Å². The van der Waals surface area contributed by atoms with Crippen LogP contribution in [0.5, 0.6) is 0 Å². The summed E-state index contributed by atoms with van der Waals surface area (Å²) in [7, 11) is 0. The lowest BCUT2D eigenvalue weighted by Gasteiger charge is -2.39. The molecule has 1 aromatic heterocycles. The van der Waals surface area contributed by atoms with Crippen molar-refractivity contribution in [3.63, 3.8) is 0 Å². The summed E-state index contributed by atoms with van der Waals surface area (Å²) in [4.78, 5) is 1.08. The number of hydrogen-bond acceptors (Lipinski definition) is 4. The van der Waals surface area contributed by atoms with Crippen LogP contribution in [-0.4, -0.2) is 28.8 Å². The molecule has 0 saturated carbocycles. The summed E-state index contributed by atoms with van der Waals surface area (Å²) in [5, 5.41) is 12.6. The number of ether oxygens (including phenoxy) is 1. The van der Waals surface area contributed by atoms with Gasteiger partial charge < -0.3 is 9.84 Å². The number of thioether (sulfide) groups is 1. The SMILES string of the molecule is OC(c1cc(Br)cs1)C1CCOC2(CCSC2)C1. The number of thiophene rings is 1. The summed E-state index contributed by atoms with van der Waals surface area (Å²) in [5.41, 5.74) is 0.0586. The molecule has 0 aliphatic carbocycles. The van der Waals surface area contributed by atoms with Gasteiger partial charge in [0.25, 0.3) is 0 Å². The van der Waals surface area contributed by atoms with E-state index in [1.807, 2.05) is 23.2 Å². The van der Waals surface area contributed by atoms with Crippen molar-refractivity contribution in [1.82, 2.24) is 0 Å². The van der Waals surface area contributed by atoms with Gasteiger partial charge in [-0.25, -0.2) is 0 Å². The highest BCUT2D eigenvalue weighted by Gasteiger charge is 2.42. The van der Waals surface area contributed by atoms with Gasteiger partial charge in [-0.15, -0.1) is 11.3 Å². The predicted octanol–water partition coefficient (Wildman–Crippen LogP) is 3.85. The highest BCUT2D eigenvalue weighted by Crippen LogP contribution is 2.44. The molecule has 3 unspecified atom stereocenters. The topological polar surface area (TPSA) is 29.5 Å². The third kappa shape index (κ3) is 2.66. The highest BCUT2D eigenvalue weighted by molar-refractivity contribution is 9.10. The van der Waals surface area contributed by atoms with Gasteiger partial charge >= 0.3 is 0 Å². The lowest BCUT2D eigenvalue weighted by atomic mass is 9.82. The number of halogens is 1. The molecular weight excluding hydrogens is 332 g/mol. The quantitative estimate of drug-likeness (QED) is 0.880. The van der Waals surface area contributed by atoms with Crippen molar-refractivity contribution in [2.24, 2.45) is 5.92 Å². The van der Waals surface area contributed by atoms with Gasteiger partial charge in [-0.2, -0.15) is 11.8 Å². The fraction of sp³-hybridized carbons (Fsp3) is 0.692. The van der Waals surface area contributed by atoms with E-state index in [2.05, 4.69) is 15.9 Å². The largest absolute Gasteiger partial charge is 0.387 e. The van der Waals surface area contributed by atoms with Gasteiger partial charge in [0, 0.05) is 27.1 Å². The van der Waals surface area contributed by atoms with Crippen LogP contribution in [0.25, 0.3) is 0 Å². The Bertz CT molecular complexity index is 415. The maximum Gasteiger partial charge on any atom is 0.0912 e. The van der Waals surface area contributed by atoms with E-state index >= 15 is 0 Å². The van der Waals surface area contributed by atoms with Crippen molar-refractivity contribution < 1.29 is 9.84 Å². The van der Waals surface area contributed by atoms with E-state index in [0.717, 1.165) is 41.0 Å². The molecule has 18 heavy (non-hydrogen) atoms. The van der Waals surface area contributed by atoms with Crippen LogP contribution in [0, 0.1) is 5.92 Å². The minimum absolute atomic E-state index is 0.0586. The maximum absolute atomic E-state index is 10.5. The number of hydrogen-bond donors (Lipinski definition) is 1. The molecule has 1 N–H and O–H groups in total. The van der Waals surface area contributed by atoms with E-state index in [4.69, 9.17) is 4.74 Å². The molecule has 0 amide bonds. The Morgan fingerprint density at radius 2 is 2.44 bits per heavy atom. The van der Waals surface area contributed by atoms with Gasteiger partial charge in [0.15, 0.2) is 0 Å². The maximum atomic E-state index is 10.5. The normalized spacial score (nSPS) is 34.0. The van der Waals surface area contributed by atoms with Gasteiger partial charge in [0.05, 0.1) is 11.7 Å². The third-order valence-corrected chi connectivity index (χ3v) is 6.91. The van der Waals surface area contributed by atoms with Crippen molar-refractivity contribution >= 4 is 39.0 Å². The standard InChI is InChI=1S/C13H17BrO2S2/c14-10-5-11(18-7-10)12(15)9-1-3-16-13(6-9)2-4-17-8-13/h5,7,9,12,15H,1-4,6,8H2. The van der Waals surface area contributed by atoms with Crippen LogP contribution in [0.1, 0.15) is 30.2 Å². The van der Waals surface area contributed by atoms with Crippen molar-refractivity contribution in [3.05, 3.63) is 20.8 Å². The van der Waals surface area contributed by atoms with Crippen molar-refractivity contribution in [1.29, 1.82) is 0 Å². The highest BCUT2D eigenvalue weighted by atomic mass is 79.9. The van der Waals surface area contributed by atoms with Gasteiger partial charge in [-0.05, 0) is 52.9 Å². The van der Waals surface area contributed by atoms with Crippen LogP contribution in [0.4, 0.5) is 0 Å². The molecule has 3 rings (SSSR count). The Morgan fingerprint density at radius 1 is 1.56 bits per heavy atom. The second kappa shape index (κ2) is 5.44. The molecule has 100 valence electrons. The van der Waals surface area contributed by atoms with Gasteiger partial charge in [0.1, 0.15) is 0 Å². The zero-order valence-corrected chi connectivity index (χ0v) is 13.3. The summed E-state index contributed by atoms with van der Waals surface area (Å²) < 4.78 is 7.08. The predicted molar refractivity (Wildman–Crippen MR) is 80.3 cm³/mol. The molecule has 2 aliphatic rings. The Morgan fingerprint density at radius 3 is 3.11 bits per heavy atom. The van der Waals surface area contributed by atoms with E-state index in [1.54, 1.807) is 11.3 Å². The van der Waals surface area contributed by atoms with E-state index < -0.39 is 0 Å². The van der Waals surface area contributed by atoms with Crippen LogP contribution in [0.2, 0.25) is 0 Å². The molecule has 2 nitrogen and oxygen atoms in total. The zero-order valence-electron chi connectivity index (χ0n) is 10.1. The molecule has 0 bridgehead atoms. The molecule has 3 heterocycles. The van der Waals surface area contributed by atoms with Crippen molar-refractivity contribution in [2.45, 2.75) is 31.0 Å². The molecule has 2 saturated heterocycles. The number of rotatable bonds is 2. The summed E-state index contributed by atoms with van der Waals surface area (Å²) in [6.07, 6.45) is 2.81. The molecule has 1 aromatic rings. The third-order valence-electron chi connectivity index (χ3n) is 3.92. The Hall–Kier alpha value is 0.450. The molecule has 2 aliphatic heterocycles. The number of aliphatic hydroxyl groups is 1.